The molecule has 5 heterocycles. The average Bonchev–Trinajstić information content (AvgIpc) is 3.70. The predicted octanol–water partition coefficient (Wildman–Crippen LogP) is 4.17. The third kappa shape index (κ3) is 7.29. The van der Waals surface area contributed by atoms with Crippen molar-refractivity contribution in [2.24, 2.45) is 0 Å². The average molecular weight is 621 g/mol. The number of alkyl halides is 5. The van der Waals surface area contributed by atoms with Crippen molar-refractivity contribution >= 4 is 22.8 Å². The zero-order valence-electron chi connectivity index (χ0n) is 22.5. The summed E-state index contributed by atoms with van der Waals surface area (Å²) in [7, 11) is 0. The number of likely N-dealkylation sites (tertiary alicyclic amines) is 1. The Bertz CT molecular complexity index is 1370. The number of aromatic amines is 1. The van der Waals surface area contributed by atoms with E-state index in [1.165, 1.54) is 4.90 Å². The van der Waals surface area contributed by atoms with E-state index < -0.39 is 43.6 Å². The van der Waals surface area contributed by atoms with Crippen molar-refractivity contribution in [2.45, 2.75) is 55.8 Å². The summed E-state index contributed by atoms with van der Waals surface area (Å²) >= 11 is 6.52. The standard InChI is InChI=1S/C24H24ClF3N4O4.C3H6F2O/c25-15-7-16-22(31-23(29-16)36-18-10-35-20-17(33)9-34-21(18)20)30-19(15)13-3-1-12(2-4-13)14-5-6-32(8-14)11-24(26,27)28;1-3(4,5)2-6/h1-4,7,14,17-18,20-21,33H,5-6,8-11H2,(H,29,30,31);6H,2H2,1H3/t14?,17-,18-,20-,21-;/m1./s1. The summed E-state index contributed by atoms with van der Waals surface area (Å²) in [6, 6.07) is 9.58. The number of hydrogen-bond acceptors (Lipinski definition) is 8. The highest BCUT2D eigenvalue weighted by Gasteiger charge is 2.48. The predicted molar refractivity (Wildman–Crippen MR) is 142 cm³/mol. The van der Waals surface area contributed by atoms with Crippen LogP contribution in [-0.2, 0) is 9.47 Å². The molecule has 2 aromatic heterocycles. The zero-order chi connectivity index (χ0) is 30.2. The van der Waals surface area contributed by atoms with Gasteiger partial charge in [-0.15, -0.1) is 0 Å². The molecule has 3 saturated heterocycles. The molecule has 15 heteroatoms. The molecule has 230 valence electrons. The van der Waals surface area contributed by atoms with Gasteiger partial charge in [-0.1, -0.05) is 35.9 Å². The maximum Gasteiger partial charge on any atom is 0.401 e. The van der Waals surface area contributed by atoms with Crippen LogP contribution in [0, 0.1) is 0 Å². The van der Waals surface area contributed by atoms with Crippen LogP contribution >= 0.6 is 11.6 Å². The Balaban J connectivity index is 0.000000535. The molecule has 3 fully saturated rings. The van der Waals surface area contributed by atoms with E-state index in [9.17, 15) is 27.1 Å². The Hall–Kier alpha value is -2.62. The summed E-state index contributed by atoms with van der Waals surface area (Å²) in [4.78, 5) is 13.6. The van der Waals surface area contributed by atoms with E-state index in [4.69, 9.17) is 30.9 Å². The van der Waals surface area contributed by atoms with Crippen molar-refractivity contribution in [2.75, 3.05) is 39.5 Å². The first-order chi connectivity index (χ1) is 19.8. The topological polar surface area (TPSA) is 113 Å². The number of fused-ring (bicyclic) bond motifs is 2. The van der Waals surface area contributed by atoms with Crippen molar-refractivity contribution in [1.82, 2.24) is 19.9 Å². The van der Waals surface area contributed by atoms with Crippen LogP contribution in [0.4, 0.5) is 22.0 Å². The first-order valence-corrected chi connectivity index (χ1v) is 13.7. The summed E-state index contributed by atoms with van der Waals surface area (Å²) in [5, 5.41) is 18.0. The number of hydrogen-bond donors (Lipinski definition) is 3. The van der Waals surface area contributed by atoms with Crippen LogP contribution in [0.25, 0.3) is 22.4 Å². The highest BCUT2D eigenvalue weighted by Crippen LogP contribution is 2.34. The number of pyridine rings is 1. The highest BCUT2D eigenvalue weighted by molar-refractivity contribution is 6.33. The van der Waals surface area contributed by atoms with Gasteiger partial charge in [-0.3, -0.25) is 4.90 Å². The quantitative estimate of drug-likeness (QED) is 0.352. The lowest BCUT2D eigenvalue weighted by atomic mass is 9.96. The van der Waals surface area contributed by atoms with Gasteiger partial charge in [0.1, 0.15) is 24.9 Å². The normalized spacial score (nSPS) is 26.4. The van der Waals surface area contributed by atoms with E-state index in [2.05, 4.69) is 15.0 Å². The number of aromatic nitrogens is 3. The monoisotopic (exact) mass is 620 g/mol. The van der Waals surface area contributed by atoms with E-state index in [0.29, 0.717) is 48.3 Å². The molecular formula is C27H30ClF5N4O5. The van der Waals surface area contributed by atoms with Gasteiger partial charge in [-0.25, -0.2) is 13.8 Å². The molecule has 1 unspecified atom stereocenters. The number of nitrogens with zero attached hydrogens (tertiary/aromatic N) is 3. The fraction of sp³-hybridized carbons (Fsp3) is 0.556. The minimum Gasteiger partial charge on any atom is -0.456 e. The summed E-state index contributed by atoms with van der Waals surface area (Å²) in [6.45, 7) is 0.0317. The third-order valence-electron chi connectivity index (χ3n) is 7.26. The molecule has 0 radical (unpaired) electrons. The van der Waals surface area contributed by atoms with Gasteiger partial charge in [0.15, 0.2) is 11.8 Å². The van der Waals surface area contributed by atoms with Gasteiger partial charge in [0.25, 0.3) is 11.9 Å². The van der Waals surface area contributed by atoms with E-state index in [0.717, 1.165) is 11.1 Å². The van der Waals surface area contributed by atoms with Crippen LogP contribution in [0.5, 0.6) is 6.01 Å². The lowest BCUT2D eigenvalue weighted by molar-refractivity contribution is -0.143. The minimum absolute atomic E-state index is 0.0579. The fourth-order valence-corrected chi connectivity index (χ4v) is 5.52. The highest BCUT2D eigenvalue weighted by atomic mass is 35.5. The van der Waals surface area contributed by atoms with E-state index in [-0.39, 0.29) is 31.2 Å². The second kappa shape index (κ2) is 12.2. The number of H-pyrrole nitrogens is 1. The van der Waals surface area contributed by atoms with Crippen LogP contribution in [0.1, 0.15) is 24.8 Å². The van der Waals surface area contributed by atoms with Crippen molar-refractivity contribution < 1.29 is 46.4 Å². The van der Waals surface area contributed by atoms with Gasteiger partial charge in [-0.05, 0) is 30.5 Å². The largest absolute Gasteiger partial charge is 0.456 e. The third-order valence-corrected chi connectivity index (χ3v) is 7.55. The Kier molecular flexibility index (Phi) is 8.93. The van der Waals surface area contributed by atoms with Crippen LogP contribution in [0.3, 0.4) is 0 Å². The number of ether oxygens (including phenoxy) is 3. The van der Waals surface area contributed by atoms with Crippen LogP contribution in [0.15, 0.2) is 30.3 Å². The maximum atomic E-state index is 12.7. The first-order valence-electron chi connectivity index (χ1n) is 13.3. The molecule has 3 N–H and O–H groups in total. The van der Waals surface area contributed by atoms with Crippen molar-refractivity contribution in [3.8, 4) is 17.3 Å². The minimum atomic E-state index is -4.18. The number of benzene rings is 1. The van der Waals surface area contributed by atoms with Gasteiger partial charge < -0.3 is 29.4 Å². The molecular weight excluding hydrogens is 591 g/mol. The smallest absolute Gasteiger partial charge is 0.401 e. The second-order valence-electron chi connectivity index (χ2n) is 10.7. The molecule has 3 aliphatic heterocycles. The summed E-state index contributed by atoms with van der Waals surface area (Å²) in [6.07, 6.45) is -5.33. The lowest BCUT2D eigenvalue weighted by Crippen LogP contribution is -2.34. The molecule has 6 rings (SSSR count). The Morgan fingerprint density at radius 3 is 2.45 bits per heavy atom. The summed E-state index contributed by atoms with van der Waals surface area (Å²) < 4.78 is 77.6. The van der Waals surface area contributed by atoms with Gasteiger partial charge >= 0.3 is 6.18 Å². The molecule has 0 aliphatic carbocycles. The summed E-state index contributed by atoms with van der Waals surface area (Å²) in [5.74, 6) is -2.84. The molecule has 1 aromatic carbocycles. The number of nitrogens with one attached hydrogen (secondary N) is 1. The van der Waals surface area contributed by atoms with Gasteiger partial charge in [0.05, 0.1) is 36.0 Å². The van der Waals surface area contributed by atoms with Crippen molar-refractivity contribution in [3.63, 3.8) is 0 Å². The molecule has 0 bridgehead atoms. The van der Waals surface area contributed by atoms with Gasteiger partial charge in [-0.2, -0.15) is 18.2 Å². The van der Waals surface area contributed by atoms with E-state index in [1.807, 2.05) is 24.3 Å². The molecule has 3 aromatic rings. The number of halogens is 6. The summed E-state index contributed by atoms with van der Waals surface area (Å²) in [5.41, 5.74) is 3.35. The lowest BCUT2D eigenvalue weighted by Gasteiger charge is -2.18. The second-order valence-corrected chi connectivity index (χ2v) is 11.1. The number of aliphatic hydroxyl groups excluding tert-OH is 2. The van der Waals surface area contributed by atoms with Crippen LogP contribution < -0.4 is 4.74 Å². The number of rotatable bonds is 6. The first kappa shape index (κ1) is 30.8. The molecule has 0 amide bonds. The van der Waals surface area contributed by atoms with Crippen LogP contribution in [-0.4, -0.2) is 106 Å². The molecule has 9 nitrogen and oxygen atoms in total. The zero-order valence-corrected chi connectivity index (χ0v) is 23.2. The molecule has 0 spiro atoms. The SMILES string of the molecule is CC(F)(F)CO.O[C@@H]1CO[C@H]2[C@@H]1OC[C@H]2Oc1nc2nc(-c3ccc(C4CCN(CC(F)(F)F)C4)cc3)c(Cl)cc2[nH]1. The van der Waals surface area contributed by atoms with E-state index in [1.54, 1.807) is 6.07 Å². The maximum absolute atomic E-state index is 12.7. The van der Waals surface area contributed by atoms with Gasteiger partial charge in [0, 0.05) is 19.0 Å². The Morgan fingerprint density at radius 2 is 1.79 bits per heavy atom. The Morgan fingerprint density at radius 1 is 1.10 bits per heavy atom. The van der Waals surface area contributed by atoms with Crippen molar-refractivity contribution in [1.29, 1.82) is 0 Å². The molecule has 0 saturated carbocycles. The Labute approximate surface area is 242 Å². The van der Waals surface area contributed by atoms with Gasteiger partial charge in [0.2, 0.25) is 0 Å². The number of imidazole rings is 1. The van der Waals surface area contributed by atoms with E-state index >= 15 is 0 Å². The molecule has 3 aliphatic rings. The fourth-order valence-electron chi connectivity index (χ4n) is 5.26. The molecule has 42 heavy (non-hydrogen) atoms. The molecule has 5 atom stereocenters. The number of aliphatic hydroxyl groups is 2. The van der Waals surface area contributed by atoms with Crippen LogP contribution in [0.2, 0.25) is 5.02 Å². The van der Waals surface area contributed by atoms with Crippen molar-refractivity contribution in [3.05, 3.63) is 40.9 Å².